The molecule has 3 rings (SSSR count). The number of rotatable bonds is 3. The topological polar surface area (TPSA) is 132 Å². The zero-order valence-corrected chi connectivity index (χ0v) is 13.5. The number of para-hydroxylation sites is 2. The lowest BCUT2D eigenvalue weighted by Crippen LogP contribution is -2.23. The molecule has 3 aromatic rings. The minimum Gasteiger partial charge on any atom is -0.453 e. The van der Waals surface area contributed by atoms with Crippen LogP contribution in [-0.2, 0) is 4.74 Å². The largest absolute Gasteiger partial charge is 0.453 e. The Morgan fingerprint density at radius 3 is 2.77 bits per heavy atom. The summed E-state index contributed by atoms with van der Waals surface area (Å²) in [5, 5.41) is 21.5. The third-order valence-electron chi connectivity index (χ3n) is 3.41. The van der Waals surface area contributed by atoms with Crippen molar-refractivity contribution in [2.75, 3.05) is 12.4 Å². The van der Waals surface area contributed by atoms with E-state index in [0.717, 1.165) is 0 Å². The Bertz CT molecular complexity index is 1010. The molecular weight excluding hydrogens is 342 g/mol. The summed E-state index contributed by atoms with van der Waals surface area (Å²) in [6.07, 6.45) is -0.760. The quantitative estimate of drug-likeness (QED) is 0.321. The third kappa shape index (κ3) is 3.29. The number of benzene rings is 2. The highest BCUT2D eigenvalue weighted by Gasteiger charge is 2.18. The number of hydrogen-bond acceptors (Lipinski definition) is 7. The Hall–Kier alpha value is -3.95. The zero-order valence-electron chi connectivity index (χ0n) is 13.5. The lowest BCUT2D eigenvalue weighted by atomic mass is 10.3. The fraction of sp³-hybridized carbons (Fsp3) is 0.0625. The van der Waals surface area contributed by atoms with Crippen molar-refractivity contribution >= 4 is 34.8 Å². The number of aromatic nitrogens is 2. The van der Waals surface area contributed by atoms with Gasteiger partial charge in [-0.1, -0.05) is 18.2 Å². The van der Waals surface area contributed by atoms with Gasteiger partial charge >= 0.3 is 12.1 Å². The Morgan fingerprint density at radius 1 is 1.27 bits per heavy atom. The molecule has 0 aliphatic heterocycles. The number of fused-ring (bicyclic) bond motifs is 1. The fourth-order valence-electron chi connectivity index (χ4n) is 2.28. The normalized spacial score (nSPS) is 10.3. The van der Waals surface area contributed by atoms with E-state index in [4.69, 9.17) is 10.1 Å². The van der Waals surface area contributed by atoms with E-state index in [1.165, 1.54) is 35.9 Å². The number of nitro groups is 1. The Labute approximate surface area is 146 Å². The molecule has 0 fully saturated rings. The SMILES string of the molecule is COC(=O)Nc1nc2ccccc2n1C(=N)Oc1cccc([N+](=O)[O-])c1. The van der Waals surface area contributed by atoms with Crippen LogP contribution >= 0.6 is 0 Å². The van der Waals surface area contributed by atoms with E-state index in [1.54, 1.807) is 24.3 Å². The van der Waals surface area contributed by atoms with Crippen molar-refractivity contribution in [3.05, 3.63) is 58.6 Å². The lowest BCUT2D eigenvalue weighted by molar-refractivity contribution is -0.384. The maximum Gasteiger partial charge on any atom is 0.413 e. The van der Waals surface area contributed by atoms with Gasteiger partial charge in [0.15, 0.2) is 0 Å². The van der Waals surface area contributed by atoms with E-state index < -0.39 is 17.0 Å². The first-order chi connectivity index (χ1) is 12.5. The van der Waals surface area contributed by atoms with E-state index >= 15 is 0 Å². The molecular formula is C16H13N5O5. The molecule has 0 saturated heterocycles. The van der Waals surface area contributed by atoms with Crippen LogP contribution in [0.1, 0.15) is 0 Å². The fourth-order valence-corrected chi connectivity index (χ4v) is 2.28. The number of ether oxygens (including phenoxy) is 2. The molecule has 1 amide bonds. The zero-order chi connectivity index (χ0) is 18.7. The highest BCUT2D eigenvalue weighted by molar-refractivity contribution is 5.95. The minimum absolute atomic E-state index is 0.0217. The first kappa shape index (κ1) is 16.9. The van der Waals surface area contributed by atoms with Crippen molar-refractivity contribution < 1.29 is 19.2 Å². The predicted octanol–water partition coefficient (Wildman–Crippen LogP) is 2.98. The van der Waals surface area contributed by atoms with Crippen LogP contribution in [0.2, 0.25) is 0 Å². The van der Waals surface area contributed by atoms with Crippen LogP contribution in [0.25, 0.3) is 11.0 Å². The van der Waals surface area contributed by atoms with Crippen LogP contribution in [-0.4, -0.2) is 33.7 Å². The van der Waals surface area contributed by atoms with Crippen LogP contribution in [0.4, 0.5) is 16.4 Å². The number of hydrogen-bond donors (Lipinski definition) is 2. The highest BCUT2D eigenvalue weighted by atomic mass is 16.6. The van der Waals surface area contributed by atoms with E-state index in [9.17, 15) is 14.9 Å². The van der Waals surface area contributed by atoms with Gasteiger partial charge in [0, 0.05) is 6.07 Å². The van der Waals surface area contributed by atoms with Gasteiger partial charge in [0.05, 0.1) is 29.1 Å². The minimum atomic E-state index is -0.760. The van der Waals surface area contributed by atoms with Gasteiger partial charge in [-0.2, -0.15) is 0 Å². The van der Waals surface area contributed by atoms with Crippen molar-refractivity contribution in [2.45, 2.75) is 0 Å². The van der Waals surface area contributed by atoms with Crippen molar-refractivity contribution in [2.24, 2.45) is 0 Å². The van der Waals surface area contributed by atoms with E-state index in [0.29, 0.717) is 11.0 Å². The summed E-state index contributed by atoms with van der Waals surface area (Å²) >= 11 is 0. The maximum atomic E-state index is 11.5. The van der Waals surface area contributed by atoms with Crippen LogP contribution in [0.3, 0.4) is 0 Å². The Balaban J connectivity index is 1.99. The summed E-state index contributed by atoms with van der Waals surface area (Å²) < 4.78 is 11.2. The average molecular weight is 355 g/mol. The Kier molecular flexibility index (Phi) is 4.48. The molecule has 2 aromatic carbocycles. The predicted molar refractivity (Wildman–Crippen MR) is 92.6 cm³/mol. The number of amides is 1. The van der Waals surface area contributed by atoms with Crippen molar-refractivity contribution in [1.82, 2.24) is 9.55 Å². The summed E-state index contributed by atoms with van der Waals surface area (Å²) in [6.45, 7) is 0. The maximum absolute atomic E-state index is 11.5. The number of carbonyl (C=O) groups is 1. The van der Waals surface area contributed by atoms with E-state index in [1.807, 2.05) is 0 Å². The van der Waals surface area contributed by atoms with Crippen LogP contribution in [0, 0.1) is 15.5 Å². The second-order valence-electron chi connectivity index (χ2n) is 5.04. The first-order valence-electron chi connectivity index (χ1n) is 7.33. The van der Waals surface area contributed by atoms with E-state index in [2.05, 4.69) is 15.0 Å². The van der Waals surface area contributed by atoms with Gasteiger partial charge in [-0.15, -0.1) is 0 Å². The first-order valence-corrected chi connectivity index (χ1v) is 7.33. The summed E-state index contributed by atoms with van der Waals surface area (Å²) in [4.78, 5) is 26.1. The van der Waals surface area contributed by atoms with Gasteiger partial charge < -0.3 is 9.47 Å². The molecule has 0 unspecified atom stereocenters. The van der Waals surface area contributed by atoms with Crippen LogP contribution in [0.5, 0.6) is 5.75 Å². The number of methoxy groups -OCH3 is 1. The van der Waals surface area contributed by atoms with Gasteiger partial charge in [-0.05, 0) is 18.2 Å². The number of carbonyl (C=O) groups excluding carboxylic acids is 1. The molecule has 2 N–H and O–H groups in total. The van der Waals surface area contributed by atoms with Crippen LogP contribution in [0.15, 0.2) is 48.5 Å². The lowest BCUT2D eigenvalue weighted by Gasteiger charge is -2.11. The van der Waals surface area contributed by atoms with Crippen molar-refractivity contribution in [3.63, 3.8) is 0 Å². The molecule has 10 heteroatoms. The van der Waals surface area contributed by atoms with Crippen molar-refractivity contribution in [3.8, 4) is 5.75 Å². The molecule has 0 bridgehead atoms. The third-order valence-corrected chi connectivity index (χ3v) is 3.41. The number of nitrogens with zero attached hydrogens (tertiary/aromatic N) is 3. The standard InChI is InChI=1S/C16H13N5O5/c1-25-16(22)19-15-18-12-7-2-3-8-13(12)20(15)14(17)26-11-6-4-5-10(9-11)21(23)24/h2-9,17H,1H3,(H,18,19,22). The summed E-state index contributed by atoms with van der Waals surface area (Å²) in [5.41, 5.74) is 0.860. The molecule has 10 nitrogen and oxygen atoms in total. The molecule has 0 aliphatic carbocycles. The number of nitro benzene ring substituents is 1. The number of nitrogens with one attached hydrogen (secondary N) is 2. The molecule has 0 aliphatic rings. The van der Waals surface area contributed by atoms with Gasteiger partial charge in [-0.25, -0.2) is 14.3 Å². The number of non-ortho nitro benzene ring substituents is 1. The molecule has 132 valence electrons. The van der Waals surface area contributed by atoms with Crippen molar-refractivity contribution in [1.29, 1.82) is 5.41 Å². The second kappa shape index (κ2) is 6.89. The monoisotopic (exact) mass is 355 g/mol. The van der Waals surface area contributed by atoms with Gasteiger partial charge in [0.2, 0.25) is 5.95 Å². The summed E-state index contributed by atoms with van der Waals surface area (Å²) in [5.74, 6) is 0.125. The highest BCUT2D eigenvalue weighted by Crippen LogP contribution is 2.23. The summed E-state index contributed by atoms with van der Waals surface area (Å²) in [7, 11) is 1.20. The van der Waals surface area contributed by atoms with E-state index in [-0.39, 0.29) is 17.4 Å². The molecule has 1 aromatic heterocycles. The molecule has 0 atom stereocenters. The Morgan fingerprint density at radius 2 is 2.04 bits per heavy atom. The van der Waals surface area contributed by atoms with Gasteiger partial charge in [0.25, 0.3) is 5.69 Å². The number of imidazole rings is 1. The van der Waals surface area contributed by atoms with Crippen LogP contribution < -0.4 is 10.1 Å². The average Bonchev–Trinajstić information content (AvgIpc) is 2.99. The smallest absolute Gasteiger partial charge is 0.413 e. The molecule has 26 heavy (non-hydrogen) atoms. The molecule has 1 heterocycles. The van der Waals surface area contributed by atoms with Gasteiger partial charge in [0.1, 0.15) is 5.75 Å². The second-order valence-corrected chi connectivity index (χ2v) is 5.04. The molecule has 0 spiro atoms. The molecule has 0 saturated carbocycles. The summed E-state index contributed by atoms with van der Waals surface area (Å²) in [6, 6.07) is 11.9. The number of anilines is 1. The van der Waals surface area contributed by atoms with Gasteiger partial charge in [-0.3, -0.25) is 20.8 Å². The molecule has 0 radical (unpaired) electrons.